The molecule has 1 atom stereocenters. The summed E-state index contributed by atoms with van der Waals surface area (Å²) in [7, 11) is 0. The number of nitrogens with one attached hydrogen (secondary N) is 1. The molecule has 0 aliphatic carbocycles. The van der Waals surface area contributed by atoms with Gasteiger partial charge in [-0.1, -0.05) is 18.2 Å². The van der Waals surface area contributed by atoms with Crippen LogP contribution in [0.15, 0.2) is 48.8 Å². The summed E-state index contributed by atoms with van der Waals surface area (Å²) in [4.78, 5) is 8.67. The van der Waals surface area contributed by atoms with Gasteiger partial charge in [0.2, 0.25) is 0 Å². The van der Waals surface area contributed by atoms with Crippen molar-refractivity contribution in [2.24, 2.45) is 0 Å². The Hall–Kier alpha value is -2.57. The Morgan fingerprint density at radius 3 is 2.88 bits per heavy atom. The highest BCUT2D eigenvalue weighted by atomic mass is 35.5. The number of aromatic nitrogens is 2. The van der Waals surface area contributed by atoms with Crippen LogP contribution in [0.2, 0.25) is 0 Å². The number of phenols is 1. The molecule has 1 aromatic heterocycles. The van der Waals surface area contributed by atoms with E-state index in [1.807, 2.05) is 18.2 Å². The normalized spacial score (nSPS) is 16.7. The highest BCUT2D eigenvalue weighted by molar-refractivity contribution is 6.31. The lowest BCUT2D eigenvalue weighted by atomic mass is 10.2. The number of halogens is 1. The Morgan fingerprint density at radius 1 is 1.19 bits per heavy atom. The molecule has 6 nitrogen and oxygen atoms in total. The molecule has 0 bridgehead atoms. The number of phenolic OH excluding ortho intramolecular Hbond substituents is 1. The number of rotatable bonds is 5. The van der Waals surface area contributed by atoms with Crippen molar-refractivity contribution >= 4 is 34.2 Å². The van der Waals surface area contributed by atoms with Crippen LogP contribution < -0.4 is 14.5 Å². The molecule has 4 rings (SSSR count). The molecular weight excluding hydrogens is 352 g/mol. The molecule has 0 saturated carbocycles. The van der Waals surface area contributed by atoms with E-state index in [1.54, 1.807) is 24.3 Å². The van der Waals surface area contributed by atoms with Gasteiger partial charge in [-0.25, -0.2) is 14.4 Å². The van der Waals surface area contributed by atoms with Gasteiger partial charge in [-0.05, 0) is 43.7 Å². The van der Waals surface area contributed by atoms with Crippen molar-refractivity contribution in [3.63, 3.8) is 0 Å². The molecule has 134 valence electrons. The largest absolute Gasteiger partial charge is 0.506 e. The van der Waals surface area contributed by atoms with Crippen LogP contribution in [0, 0.1) is 0 Å². The third-order valence-electron chi connectivity index (χ3n) is 4.49. The number of benzene rings is 2. The summed E-state index contributed by atoms with van der Waals surface area (Å²) >= 11 is 6.53. The maximum Gasteiger partial charge on any atom is 0.162 e. The van der Waals surface area contributed by atoms with Gasteiger partial charge in [0.1, 0.15) is 30.1 Å². The molecule has 26 heavy (non-hydrogen) atoms. The summed E-state index contributed by atoms with van der Waals surface area (Å²) in [6, 6.07) is 12.9. The van der Waals surface area contributed by atoms with E-state index in [2.05, 4.69) is 15.3 Å². The second kappa shape index (κ2) is 7.35. The quantitative estimate of drug-likeness (QED) is 0.666. The minimum Gasteiger partial charge on any atom is -0.506 e. The fourth-order valence-electron chi connectivity index (χ4n) is 3.16. The van der Waals surface area contributed by atoms with Gasteiger partial charge in [0.05, 0.1) is 10.9 Å². The predicted molar refractivity (Wildman–Crippen MR) is 102 cm³/mol. The van der Waals surface area contributed by atoms with Crippen molar-refractivity contribution in [1.29, 1.82) is 0 Å². The summed E-state index contributed by atoms with van der Waals surface area (Å²) in [5.41, 5.74) is 1.18. The Morgan fingerprint density at radius 2 is 2.08 bits per heavy atom. The smallest absolute Gasteiger partial charge is 0.162 e. The van der Waals surface area contributed by atoms with Gasteiger partial charge in [0, 0.05) is 17.8 Å². The average molecular weight is 371 g/mol. The fraction of sp³-hybridized carbons (Fsp3) is 0.263. The van der Waals surface area contributed by atoms with Gasteiger partial charge in [0.15, 0.2) is 5.82 Å². The Balaban J connectivity index is 1.73. The van der Waals surface area contributed by atoms with E-state index in [9.17, 15) is 5.11 Å². The molecule has 0 amide bonds. The van der Waals surface area contributed by atoms with E-state index >= 15 is 0 Å². The number of ether oxygens (including phenoxy) is 1. The molecule has 1 aliphatic heterocycles. The van der Waals surface area contributed by atoms with Crippen molar-refractivity contribution < 1.29 is 9.84 Å². The maximum atomic E-state index is 10.1. The number of aromatic hydroxyl groups is 1. The SMILES string of the molecule is Oc1ccccc1N(Cl)c1ncnc2cccc(OC[C@@H]3CCCN3)c12. The summed E-state index contributed by atoms with van der Waals surface area (Å²) in [6.07, 6.45) is 3.73. The van der Waals surface area contributed by atoms with Crippen molar-refractivity contribution in [1.82, 2.24) is 15.3 Å². The predicted octanol–water partition coefficient (Wildman–Crippen LogP) is 3.76. The molecule has 2 N–H and O–H groups in total. The molecule has 1 saturated heterocycles. The Labute approximate surface area is 156 Å². The summed E-state index contributed by atoms with van der Waals surface area (Å²) in [5.74, 6) is 1.21. The van der Waals surface area contributed by atoms with Gasteiger partial charge >= 0.3 is 0 Å². The zero-order chi connectivity index (χ0) is 17.9. The van der Waals surface area contributed by atoms with Crippen LogP contribution in [-0.2, 0) is 0 Å². The lowest BCUT2D eigenvalue weighted by Gasteiger charge is -2.19. The zero-order valence-corrected chi connectivity index (χ0v) is 14.9. The first-order valence-corrected chi connectivity index (χ1v) is 8.91. The molecule has 3 aromatic rings. The molecule has 2 aromatic carbocycles. The first-order valence-electron chi connectivity index (χ1n) is 8.58. The van der Waals surface area contributed by atoms with E-state index in [4.69, 9.17) is 16.5 Å². The van der Waals surface area contributed by atoms with E-state index in [0.717, 1.165) is 18.5 Å². The molecule has 2 heterocycles. The van der Waals surface area contributed by atoms with Gasteiger partial charge < -0.3 is 15.2 Å². The molecule has 1 fully saturated rings. The average Bonchev–Trinajstić information content (AvgIpc) is 3.19. The minimum atomic E-state index is 0.0721. The van der Waals surface area contributed by atoms with E-state index in [-0.39, 0.29) is 5.75 Å². The number of hydrogen-bond acceptors (Lipinski definition) is 6. The third-order valence-corrected chi connectivity index (χ3v) is 4.83. The van der Waals surface area contributed by atoms with Crippen LogP contribution in [0.1, 0.15) is 12.8 Å². The molecule has 7 heteroatoms. The number of para-hydroxylation sites is 2. The van der Waals surface area contributed by atoms with Crippen LogP contribution in [-0.4, -0.2) is 34.3 Å². The van der Waals surface area contributed by atoms with E-state index in [0.29, 0.717) is 35.3 Å². The third kappa shape index (κ3) is 3.25. The van der Waals surface area contributed by atoms with E-state index in [1.165, 1.54) is 17.2 Å². The van der Waals surface area contributed by atoms with Crippen LogP contribution in [0.25, 0.3) is 10.9 Å². The van der Waals surface area contributed by atoms with Crippen LogP contribution in [0.4, 0.5) is 11.5 Å². The first kappa shape index (κ1) is 16.9. The summed E-state index contributed by atoms with van der Waals surface area (Å²) in [6.45, 7) is 1.60. The molecule has 0 unspecified atom stereocenters. The zero-order valence-electron chi connectivity index (χ0n) is 14.1. The summed E-state index contributed by atoms with van der Waals surface area (Å²) in [5, 5.41) is 14.3. The van der Waals surface area contributed by atoms with Gasteiger partial charge in [-0.2, -0.15) is 0 Å². The van der Waals surface area contributed by atoms with Crippen molar-refractivity contribution in [3.8, 4) is 11.5 Å². The lowest BCUT2D eigenvalue weighted by Crippen LogP contribution is -2.28. The fourth-order valence-corrected chi connectivity index (χ4v) is 3.44. The second-order valence-electron chi connectivity index (χ2n) is 6.22. The monoisotopic (exact) mass is 370 g/mol. The number of nitrogens with zero attached hydrogens (tertiary/aromatic N) is 3. The van der Waals surface area contributed by atoms with Gasteiger partial charge in [0.25, 0.3) is 0 Å². The molecule has 0 spiro atoms. The van der Waals surface area contributed by atoms with Crippen LogP contribution in [0.3, 0.4) is 0 Å². The highest BCUT2D eigenvalue weighted by Gasteiger charge is 2.20. The van der Waals surface area contributed by atoms with Crippen LogP contribution >= 0.6 is 11.8 Å². The Bertz CT molecular complexity index is 910. The van der Waals surface area contributed by atoms with Crippen LogP contribution in [0.5, 0.6) is 11.5 Å². The standard InChI is InChI=1S/C19H19ClN4O2/c20-24(15-7-1-2-8-16(15)25)19-18-14(22-12-23-19)6-3-9-17(18)26-11-13-5-4-10-21-13/h1-3,6-9,12-13,21,25H,4-5,10-11H2/t13-/m0/s1. The molecule has 1 aliphatic rings. The number of anilines is 2. The van der Waals surface area contributed by atoms with Gasteiger partial charge in [-0.3, -0.25) is 0 Å². The number of fused-ring (bicyclic) bond motifs is 1. The molecule has 0 radical (unpaired) electrons. The Kier molecular flexibility index (Phi) is 4.77. The van der Waals surface area contributed by atoms with Crippen molar-refractivity contribution in [2.75, 3.05) is 17.6 Å². The minimum absolute atomic E-state index is 0.0721. The lowest BCUT2D eigenvalue weighted by molar-refractivity contribution is 0.280. The van der Waals surface area contributed by atoms with E-state index < -0.39 is 0 Å². The van der Waals surface area contributed by atoms with Crippen molar-refractivity contribution in [3.05, 3.63) is 48.8 Å². The summed E-state index contributed by atoms with van der Waals surface area (Å²) < 4.78 is 7.40. The van der Waals surface area contributed by atoms with Crippen molar-refractivity contribution in [2.45, 2.75) is 18.9 Å². The first-order chi connectivity index (χ1) is 12.7. The molecular formula is C19H19ClN4O2. The van der Waals surface area contributed by atoms with Gasteiger partial charge in [-0.15, -0.1) is 0 Å². The highest BCUT2D eigenvalue weighted by Crippen LogP contribution is 2.39. The second-order valence-corrected chi connectivity index (χ2v) is 6.56. The topological polar surface area (TPSA) is 70.5 Å². The number of hydrogen-bond donors (Lipinski definition) is 2. The maximum absolute atomic E-state index is 10.1.